The Balaban J connectivity index is 2.45. The quantitative estimate of drug-likeness (QED) is 0.555. The van der Waals surface area contributed by atoms with Crippen molar-refractivity contribution in [3.63, 3.8) is 0 Å². The van der Waals surface area contributed by atoms with E-state index < -0.39 is 13.1 Å². The van der Waals surface area contributed by atoms with Crippen molar-refractivity contribution >= 4 is 18.6 Å². The Morgan fingerprint density at radius 3 is 2.17 bits per heavy atom. The minimum absolute atomic E-state index is 0.186. The molecule has 1 aromatic rings. The van der Waals surface area contributed by atoms with Crippen molar-refractivity contribution in [3.8, 4) is 0 Å². The highest BCUT2D eigenvalue weighted by Gasteiger charge is 2.44. The largest absolute Gasteiger partial charge is 0.466 e. The minimum atomic E-state index is -3.35. The van der Waals surface area contributed by atoms with Gasteiger partial charge >= 0.3 is 5.97 Å². The van der Waals surface area contributed by atoms with Gasteiger partial charge in [-0.2, -0.15) is 0 Å². The van der Waals surface area contributed by atoms with Crippen LogP contribution < -0.4 is 0 Å². The van der Waals surface area contributed by atoms with Crippen LogP contribution in [0.25, 0.3) is 0 Å². The first kappa shape index (κ1) is 18.9. The highest BCUT2D eigenvalue weighted by Crippen LogP contribution is 2.59. The first-order valence-electron chi connectivity index (χ1n) is 8.66. The zero-order valence-corrected chi connectivity index (χ0v) is 15.9. The summed E-state index contributed by atoms with van der Waals surface area (Å²) in [4.78, 5) is 25.3. The van der Waals surface area contributed by atoms with Gasteiger partial charge in [0.15, 0.2) is 7.14 Å². The van der Waals surface area contributed by atoms with Gasteiger partial charge in [0.2, 0.25) is 5.52 Å². The predicted octanol–water partition coefficient (Wildman–Crippen LogP) is 4.62. The first-order valence-corrected chi connectivity index (χ1v) is 10.6. The second-order valence-electron chi connectivity index (χ2n) is 6.78. The Bertz CT molecular complexity index is 664. The van der Waals surface area contributed by atoms with Gasteiger partial charge in [0.1, 0.15) is 6.16 Å². The smallest absolute Gasteiger partial charge is 0.313 e. The Hall–Kier alpha value is -1.41. The molecule has 1 atom stereocenters. The Kier molecular flexibility index (Phi) is 6.03. The number of carbonyl (C=O) groups is 2. The second-order valence-corrected chi connectivity index (χ2v) is 9.82. The molecule has 1 aliphatic rings. The topological polar surface area (TPSA) is 60.4 Å². The summed E-state index contributed by atoms with van der Waals surface area (Å²) in [7, 11) is -3.35. The van der Waals surface area contributed by atoms with Crippen LogP contribution in [0.15, 0.2) is 12.1 Å². The molecule has 1 unspecified atom stereocenters. The summed E-state index contributed by atoms with van der Waals surface area (Å²) in [6.45, 7) is 7.67. The third-order valence-electron chi connectivity index (χ3n) is 4.82. The van der Waals surface area contributed by atoms with E-state index in [2.05, 4.69) is 0 Å². The van der Waals surface area contributed by atoms with Crippen LogP contribution in [0.1, 0.15) is 59.7 Å². The van der Waals surface area contributed by atoms with Gasteiger partial charge in [-0.15, -0.1) is 0 Å². The van der Waals surface area contributed by atoms with Crippen molar-refractivity contribution in [2.45, 2.75) is 59.0 Å². The molecule has 132 valence electrons. The molecule has 0 radical (unpaired) electrons. The van der Waals surface area contributed by atoms with E-state index in [1.165, 1.54) is 0 Å². The Morgan fingerprint density at radius 2 is 1.67 bits per heavy atom. The van der Waals surface area contributed by atoms with Gasteiger partial charge in [-0.3, -0.25) is 9.59 Å². The average molecular weight is 350 g/mol. The van der Waals surface area contributed by atoms with Gasteiger partial charge in [0.25, 0.3) is 0 Å². The van der Waals surface area contributed by atoms with E-state index in [9.17, 15) is 14.2 Å². The molecule has 4 nitrogen and oxygen atoms in total. The predicted molar refractivity (Wildman–Crippen MR) is 96.3 cm³/mol. The molecule has 1 saturated carbocycles. The lowest BCUT2D eigenvalue weighted by Gasteiger charge is -2.24. The van der Waals surface area contributed by atoms with E-state index in [1.807, 2.05) is 32.9 Å². The Morgan fingerprint density at radius 1 is 1.12 bits per heavy atom. The van der Waals surface area contributed by atoms with Crippen molar-refractivity contribution in [1.82, 2.24) is 0 Å². The van der Waals surface area contributed by atoms with Crippen LogP contribution in [0.4, 0.5) is 0 Å². The molecule has 0 spiro atoms. The summed E-state index contributed by atoms with van der Waals surface area (Å²) in [5.41, 5.74) is 2.74. The van der Waals surface area contributed by atoms with Crippen molar-refractivity contribution in [1.29, 1.82) is 0 Å². The van der Waals surface area contributed by atoms with Crippen LogP contribution in [-0.2, 0) is 14.1 Å². The van der Waals surface area contributed by atoms with Crippen LogP contribution in [0, 0.1) is 20.8 Å². The van der Waals surface area contributed by atoms with Crippen LogP contribution >= 0.6 is 7.14 Å². The lowest BCUT2D eigenvalue weighted by Crippen LogP contribution is -2.22. The van der Waals surface area contributed by atoms with Gasteiger partial charge in [-0.1, -0.05) is 30.5 Å². The molecule has 0 heterocycles. The van der Waals surface area contributed by atoms with Gasteiger partial charge < -0.3 is 9.30 Å². The van der Waals surface area contributed by atoms with Gasteiger partial charge in [0, 0.05) is 11.2 Å². The molecule has 0 aliphatic heterocycles. The molecule has 0 saturated heterocycles. The molecular formula is C19H27O4P. The minimum Gasteiger partial charge on any atom is -0.466 e. The van der Waals surface area contributed by atoms with Crippen LogP contribution in [-0.4, -0.2) is 29.9 Å². The van der Waals surface area contributed by atoms with E-state index in [0.717, 1.165) is 42.4 Å². The number of ether oxygens (including phenoxy) is 1. The molecule has 0 amide bonds. The number of carbonyl (C=O) groups excluding carboxylic acids is 2. The van der Waals surface area contributed by atoms with Crippen LogP contribution in [0.2, 0.25) is 0 Å². The maximum absolute atomic E-state index is 13.7. The number of aryl methyl sites for hydroxylation is 3. The molecule has 0 aromatic heterocycles. The lowest BCUT2D eigenvalue weighted by molar-refractivity contribution is -0.140. The zero-order valence-electron chi connectivity index (χ0n) is 15.1. The van der Waals surface area contributed by atoms with E-state index in [1.54, 1.807) is 6.92 Å². The van der Waals surface area contributed by atoms with Crippen molar-refractivity contribution in [2.24, 2.45) is 0 Å². The third-order valence-corrected chi connectivity index (χ3v) is 8.15. The van der Waals surface area contributed by atoms with E-state index in [-0.39, 0.29) is 24.0 Å². The fraction of sp³-hybridized carbons (Fsp3) is 0.579. The SMILES string of the molecule is CCOC(=O)CP(=O)(C(=O)c1c(C)cc(C)cc1C)C1CCCC1. The molecule has 1 fully saturated rings. The summed E-state index contributed by atoms with van der Waals surface area (Å²) in [5.74, 6) is -0.525. The van der Waals surface area contributed by atoms with Gasteiger partial charge in [0.05, 0.1) is 6.61 Å². The summed E-state index contributed by atoms with van der Waals surface area (Å²) in [6, 6.07) is 3.87. The second kappa shape index (κ2) is 7.65. The molecule has 24 heavy (non-hydrogen) atoms. The third kappa shape index (κ3) is 3.80. The zero-order chi connectivity index (χ0) is 17.9. The lowest BCUT2D eigenvalue weighted by atomic mass is 10.0. The molecule has 1 aromatic carbocycles. The van der Waals surface area contributed by atoms with Crippen LogP contribution in [0.3, 0.4) is 0 Å². The fourth-order valence-electron chi connectivity index (χ4n) is 3.79. The van der Waals surface area contributed by atoms with Gasteiger partial charge in [-0.25, -0.2) is 0 Å². The molecule has 1 aliphatic carbocycles. The summed E-state index contributed by atoms with van der Waals surface area (Å²) >= 11 is 0. The van der Waals surface area contributed by atoms with Gasteiger partial charge in [-0.05, 0) is 51.7 Å². The highest BCUT2D eigenvalue weighted by atomic mass is 31.2. The first-order chi connectivity index (χ1) is 11.3. The molecule has 0 N–H and O–H groups in total. The number of rotatable bonds is 6. The number of hydrogen-bond donors (Lipinski definition) is 0. The summed E-state index contributed by atoms with van der Waals surface area (Å²) in [6.07, 6.45) is 3.18. The fourth-order valence-corrected chi connectivity index (χ4v) is 6.93. The molecular weight excluding hydrogens is 323 g/mol. The number of benzene rings is 1. The van der Waals surface area contributed by atoms with Crippen molar-refractivity contribution in [3.05, 3.63) is 34.4 Å². The molecule has 5 heteroatoms. The monoisotopic (exact) mass is 350 g/mol. The van der Waals surface area contributed by atoms with E-state index >= 15 is 0 Å². The van der Waals surface area contributed by atoms with Crippen molar-refractivity contribution in [2.75, 3.05) is 12.8 Å². The Labute approximate surface area is 144 Å². The summed E-state index contributed by atoms with van der Waals surface area (Å²) < 4.78 is 18.7. The van der Waals surface area contributed by atoms with Crippen molar-refractivity contribution < 1.29 is 18.9 Å². The standard InChI is InChI=1S/C19H27O4P/c1-5-23-17(20)12-24(22,16-8-6-7-9-16)19(21)18-14(3)10-13(2)11-15(18)4/h10-11,16H,5-9,12H2,1-4H3. The number of hydrogen-bond acceptors (Lipinski definition) is 4. The maximum Gasteiger partial charge on any atom is 0.313 e. The van der Waals surface area contributed by atoms with E-state index in [4.69, 9.17) is 4.74 Å². The summed E-state index contributed by atoms with van der Waals surface area (Å²) in [5, 5.41) is 0. The molecule has 0 bridgehead atoms. The van der Waals surface area contributed by atoms with Crippen LogP contribution in [0.5, 0.6) is 0 Å². The van der Waals surface area contributed by atoms with E-state index in [0.29, 0.717) is 5.56 Å². The molecule has 2 rings (SSSR count). The number of esters is 1. The normalized spacial score (nSPS) is 17.5. The highest BCUT2D eigenvalue weighted by molar-refractivity contribution is 7.82. The maximum atomic E-state index is 13.7. The average Bonchev–Trinajstić information content (AvgIpc) is 3.00.